The number of urea groups is 1. The second-order valence-corrected chi connectivity index (χ2v) is 6.07. The molecule has 0 unspecified atom stereocenters. The molecule has 0 atom stereocenters. The van der Waals surface area contributed by atoms with Crippen LogP contribution >= 0.6 is 0 Å². The van der Waals surface area contributed by atoms with Crippen LogP contribution in [0.4, 0.5) is 16.4 Å². The minimum atomic E-state index is -0.145. The Labute approximate surface area is 156 Å². The van der Waals surface area contributed by atoms with Gasteiger partial charge in [-0.05, 0) is 24.3 Å². The molecule has 1 saturated heterocycles. The van der Waals surface area contributed by atoms with E-state index in [-0.39, 0.29) is 6.03 Å². The molecular weight excluding hydrogens is 348 g/mol. The molecule has 140 valence electrons. The van der Waals surface area contributed by atoms with E-state index in [2.05, 4.69) is 9.97 Å². The van der Waals surface area contributed by atoms with Crippen molar-refractivity contribution in [2.45, 2.75) is 0 Å². The molecule has 2 amide bonds. The number of H-pyrrole nitrogens is 1. The van der Waals surface area contributed by atoms with Crippen LogP contribution < -0.4 is 24.0 Å². The van der Waals surface area contributed by atoms with Crippen LogP contribution in [0.2, 0.25) is 0 Å². The number of rotatable bonds is 5. The average molecular weight is 368 g/mol. The first-order valence-electron chi connectivity index (χ1n) is 8.49. The van der Waals surface area contributed by atoms with Crippen molar-refractivity contribution in [3.63, 3.8) is 0 Å². The SMILES string of the molecule is COc1ccc2nc(N3CCN(c4ccc(OC)c(OC)c4)C3=O)[nH]c2c1. The number of ether oxygens (including phenoxy) is 3. The monoisotopic (exact) mass is 368 g/mol. The quantitative estimate of drug-likeness (QED) is 0.749. The first kappa shape index (κ1) is 17.0. The minimum absolute atomic E-state index is 0.145. The molecule has 1 N–H and O–H groups in total. The molecule has 2 heterocycles. The van der Waals surface area contributed by atoms with Crippen LogP contribution in [-0.2, 0) is 0 Å². The second-order valence-electron chi connectivity index (χ2n) is 6.07. The maximum absolute atomic E-state index is 13.0. The number of hydrogen-bond acceptors (Lipinski definition) is 5. The number of carbonyl (C=O) groups is 1. The number of imidazole rings is 1. The number of anilines is 2. The van der Waals surface area contributed by atoms with Crippen LogP contribution in [0, 0.1) is 0 Å². The number of methoxy groups -OCH3 is 3. The van der Waals surface area contributed by atoms with E-state index in [1.807, 2.05) is 24.3 Å². The van der Waals surface area contributed by atoms with Gasteiger partial charge in [0.25, 0.3) is 0 Å². The van der Waals surface area contributed by atoms with E-state index in [9.17, 15) is 4.79 Å². The molecule has 1 aliphatic heterocycles. The lowest BCUT2D eigenvalue weighted by Crippen LogP contribution is -2.32. The molecule has 8 nitrogen and oxygen atoms in total. The van der Waals surface area contributed by atoms with Gasteiger partial charge in [-0.25, -0.2) is 9.78 Å². The van der Waals surface area contributed by atoms with Crippen molar-refractivity contribution >= 4 is 28.7 Å². The van der Waals surface area contributed by atoms with Gasteiger partial charge in [-0.2, -0.15) is 0 Å². The van der Waals surface area contributed by atoms with Crippen molar-refractivity contribution in [3.8, 4) is 17.2 Å². The Bertz CT molecular complexity index is 1000. The molecule has 0 spiro atoms. The Morgan fingerprint density at radius 2 is 1.70 bits per heavy atom. The van der Waals surface area contributed by atoms with Crippen LogP contribution in [0.1, 0.15) is 0 Å². The Hall–Kier alpha value is -3.42. The Morgan fingerprint density at radius 3 is 2.44 bits per heavy atom. The topological polar surface area (TPSA) is 79.9 Å². The number of carbonyl (C=O) groups excluding carboxylic acids is 1. The molecule has 4 rings (SSSR count). The van der Waals surface area contributed by atoms with Crippen molar-refractivity contribution in [2.75, 3.05) is 44.2 Å². The van der Waals surface area contributed by atoms with Gasteiger partial charge < -0.3 is 19.2 Å². The molecule has 1 aliphatic rings. The fourth-order valence-corrected chi connectivity index (χ4v) is 3.20. The lowest BCUT2D eigenvalue weighted by molar-refractivity contribution is 0.255. The number of nitrogens with zero attached hydrogens (tertiary/aromatic N) is 3. The third kappa shape index (κ3) is 2.88. The third-order valence-electron chi connectivity index (χ3n) is 4.62. The summed E-state index contributed by atoms with van der Waals surface area (Å²) in [6, 6.07) is 10.8. The first-order chi connectivity index (χ1) is 13.1. The Kier molecular flexibility index (Phi) is 4.23. The molecule has 3 aromatic rings. The Balaban J connectivity index is 1.62. The van der Waals surface area contributed by atoms with E-state index < -0.39 is 0 Å². The molecule has 8 heteroatoms. The second kappa shape index (κ2) is 6.71. The number of hydrogen-bond donors (Lipinski definition) is 1. The van der Waals surface area contributed by atoms with E-state index in [0.29, 0.717) is 30.5 Å². The van der Waals surface area contributed by atoms with Gasteiger partial charge in [-0.3, -0.25) is 9.80 Å². The van der Waals surface area contributed by atoms with E-state index in [4.69, 9.17) is 14.2 Å². The standard InChI is InChI=1S/C19H20N4O4/c1-25-13-5-6-14-15(11-13)21-18(20-14)23-9-8-22(19(23)24)12-4-7-16(26-2)17(10-12)27-3/h4-7,10-11H,8-9H2,1-3H3,(H,20,21). The molecule has 1 fully saturated rings. The van der Waals surface area contributed by atoms with Crippen molar-refractivity contribution in [1.29, 1.82) is 0 Å². The summed E-state index contributed by atoms with van der Waals surface area (Å²) in [6.07, 6.45) is 0. The molecule has 0 saturated carbocycles. The molecule has 0 radical (unpaired) electrons. The van der Waals surface area contributed by atoms with Crippen molar-refractivity contribution in [2.24, 2.45) is 0 Å². The van der Waals surface area contributed by atoms with Crippen molar-refractivity contribution in [1.82, 2.24) is 9.97 Å². The van der Waals surface area contributed by atoms with Gasteiger partial charge in [0, 0.05) is 30.9 Å². The minimum Gasteiger partial charge on any atom is -0.497 e. The normalized spacial score (nSPS) is 14.1. The lowest BCUT2D eigenvalue weighted by Gasteiger charge is -2.18. The van der Waals surface area contributed by atoms with E-state index in [1.54, 1.807) is 43.3 Å². The third-order valence-corrected chi connectivity index (χ3v) is 4.62. The summed E-state index contributed by atoms with van der Waals surface area (Å²) in [7, 11) is 4.77. The van der Waals surface area contributed by atoms with E-state index in [1.165, 1.54) is 0 Å². The maximum atomic E-state index is 13.0. The highest BCUT2D eigenvalue weighted by Gasteiger charge is 2.33. The van der Waals surface area contributed by atoms with Gasteiger partial charge in [0.1, 0.15) is 5.75 Å². The van der Waals surface area contributed by atoms with Gasteiger partial charge in [0.2, 0.25) is 5.95 Å². The number of aromatic nitrogens is 2. The van der Waals surface area contributed by atoms with Crippen LogP contribution in [0.25, 0.3) is 11.0 Å². The van der Waals surface area contributed by atoms with Crippen LogP contribution in [0.3, 0.4) is 0 Å². The maximum Gasteiger partial charge on any atom is 0.331 e. The largest absolute Gasteiger partial charge is 0.497 e. The zero-order valence-corrected chi connectivity index (χ0v) is 15.4. The summed E-state index contributed by atoms with van der Waals surface area (Å²) in [5.74, 6) is 2.46. The van der Waals surface area contributed by atoms with Crippen molar-refractivity contribution in [3.05, 3.63) is 36.4 Å². The number of aromatic amines is 1. The highest BCUT2D eigenvalue weighted by molar-refractivity contribution is 6.05. The summed E-state index contributed by atoms with van der Waals surface area (Å²) < 4.78 is 15.8. The predicted molar refractivity (Wildman–Crippen MR) is 102 cm³/mol. The first-order valence-corrected chi connectivity index (χ1v) is 8.49. The van der Waals surface area contributed by atoms with Gasteiger partial charge >= 0.3 is 6.03 Å². The highest BCUT2D eigenvalue weighted by Crippen LogP contribution is 2.33. The summed E-state index contributed by atoms with van der Waals surface area (Å²) in [5, 5.41) is 0. The van der Waals surface area contributed by atoms with Crippen LogP contribution in [0.15, 0.2) is 36.4 Å². The van der Waals surface area contributed by atoms with Crippen LogP contribution in [-0.4, -0.2) is 50.4 Å². The number of amides is 2. The number of fused-ring (bicyclic) bond motifs is 1. The highest BCUT2D eigenvalue weighted by atomic mass is 16.5. The van der Waals surface area contributed by atoms with Crippen LogP contribution in [0.5, 0.6) is 17.2 Å². The van der Waals surface area contributed by atoms with Gasteiger partial charge in [0.15, 0.2) is 11.5 Å². The molecular formula is C19H20N4O4. The lowest BCUT2D eigenvalue weighted by atomic mass is 10.2. The predicted octanol–water partition coefficient (Wildman–Crippen LogP) is 3.04. The summed E-state index contributed by atoms with van der Waals surface area (Å²) in [6.45, 7) is 1.08. The Morgan fingerprint density at radius 1 is 0.926 bits per heavy atom. The molecule has 1 aromatic heterocycles. The molecule has 0 aliphatic carbocycles. The molecule has 2 aromatic carbocycles. The number of nitrogens with one attached hydrogen (secondary N) is 1. The van der Waals surface area contributed by atoms with Gasteiger partial charge in [-0.1, -0.05) is 0 Å². The molecule has 0 bridgehead atoms. The smallest absolute Gasteiger partial charge is 0.331 e. The summed E-state index contributed by atoms with van der Waals surface area (Å²) in [4.78, 5) is 24.0. The zero-order valence-electron chi connectivity index (χ0n) is 15.4. The van der Waals surface area contributed by atoms with Gasteiger partial charge in [-0.15, -0.1) is 0 Å². The fraction of sp³-hybridized carbons (Fsp3) is 0.263. The number of benzene rings is 2. The molecule has 27 heavy (non-hydrogen) atoms. The summed E-state index contributed by atoms with van der Waals surface area (Å²) >= 11 is 0. The average Bonchev–Trinajstić information content (AvgIpc) is 3.29. The zero-order chi connectivity index (χ0) is 19.0. The van der Waals surface area contributed by atoms with Crippen molar-refractivity contribution < 1.29 is 19.0 Å². The fourth-order valence-electron chi connectivity index (χ4n) is 3.20. The summed E-state index contributed by atoms with van der Waals surface area (Å²) in [5.41, 5.74) is 2.35. The van der Waals surface area contributed by atoms with E-state index >= 15 is 0 Å². The van der Waals surface area contributed by atoms with E-state index in [0.717, 1.165) is 22.5 Å². The van der Waals surface area contributed by atoms with Gasteiger partial charge in [0.05, 0.1) is 32.4 Å².